The average Bonchev–Trinajstić information content (AvgIpc) is 3.08. The molecular weight excluding hydrogens is 344 g/mol. The fourth-order valence-electron chi connectivity index (χ4n) is 3.34. The van der Waals surface area contributed by atoms with Gasteiger partial charge < -0.3 is 14.7 Å². The number of carboxylic acid groups (broad SMARTS) is 1. The van der Waals surface area contributed by atoms with Crippen molar-refractivity contribution < 1.29 is 28.2 Å². The summed E-state index contributed by atoms with van der Waals surface area (Å²) in [6.45, 7) is -0.0149. The number of aliphatic carboxylic acids is 1. The van der Waals surface area contributed by atoms with E-state index in [-0.39, 0.29) is 13.1 Å². The highest BCUT2D eigenvalue weighted by Gasteiger charge is 2.42. The lowest BCUT2D eigenvalue weighted by molar-refractivity contribution is -0.141. The number of nitrogens with zero attached hydrogens (tertiary/aromatic N) is 1. The number of carbonyl (C=O) groups excluding carboxylic acids is 1. The summed E-state index contributed by atoms with van der Waals surface area (Å²) >= 11 is 0. The van der Waals surface area contributed by atoms with E-state index in [1.807, 2.05) is 0 Å². The molecule has 0 radical (unpaired) electrons. The van der Waals surface area contributed by atoms with Crippen LogP contribution in [0.5, 0.6) is 5.75 Å². The highest BCUT2D eigenvalue weighted by atomic mass is 19.1. The van der Waals surface area contributed by atoms with Gasteiger partial charge in [0, 0.05) is 19.0 Å². The third-order valence-electron chi connectivity index (χ3n) is 4.62. The van der Waals surface area contributed by atoms with Crippen molar-refractivity contribution >= 4 is 11.9 Å². The molecule has 1 amide bonds. The number of carbonyl (C=O) groups is 2. The summed E-state index contributed by atoms with van der Waals surface area (Å²) in [7, 11) is 1.48. The van der Waals surface area contributed by atoms with Crippen LogP contribution in [0.4, 0.5) is 8.78 Å². The van der Waals surface area contributed by atoms with Crippen LogP contribution in [0.3, 0.4) is 0 Å². The van der Waals surface area contributed by atoms with Gasteiger partial charge in [0.2, 0.25) is 0 Å². The van der Waals surface area contributed by atoms with Gasteiger partial charge in [-0.3, -0.25) is 9.59 Å². The fourth-order valence-corrected chi connectivity index (χ4v) is 3.34. The molecule has 136 valence electrons. The monoisotopic (exact) mass is 361 g/mol. The molecular formula is C19H17F2NO4. The number of likely N-dealkylation sites (tertiary alicyclic amines) is 1. The van der Waals surface area contributed by atoms with Gasteiger partial charge in [0.15, 0.2) is 0 Å². The van der Waals surface area contributed by atoms with Gasteiger partial charge in [-0.15, -0.1) is 0 Å². The van der Waals surface area contributed by atoms with Crippen LogP contribution in [-0.2, 0) is 4.79 Å². The minimum Gasteiger partial charge on any atom is -0.496 e. The third kappa shape index (κ3) is 3.24. The van der Waals surface area contributed by atoms with E-state index >= 15 is 0 Å². The lowest BCUT2D eigenvalue weighted by atomic mass is 9.88. The molecule has 7 heteroatoms. The zero-order valence-corrected chi connectivity index (χ0v) is 14.0. The highest BCUT2D eigenvalue weighted by Crippen LogP contribution is 2.38. The van der Waals surface area contributed by atoms with Crippen molar-refractivity contribution in [2.45, 2.75) is 5.92 Å². The van der Waals surface area contributed by atoms with Crippen LogP contribution in [-0.4, -0.2) is 42.1 Å². The predicted octanol–water partition coefficient (Wildman–Crippen LogP) is 2.91. The Bertz CT molecular complexity index is 855. The van der Waals surface area contributed by atoms with Crippen molar-refractivity contribution in [2.75, 3.05) is 20.2 Å². The predicted molar refractivity (Wildman–Crippen MR) is 89.1 cm³/mol. The van der Waals surface area contributed by atoms with Gasteiger partial charge in [-0.25, -0.2) is 8.78 Å². The number of carboxylic acids is 1. The molecule has 0 spiro atoms. The quantitative estimate of drug-likeness (QED) is 0.909. The molecule has 0 saturated carbocycles. The maximum atomic E-state index is 13.9. The molecule has 2 aromatic carbocycles. The molecule has 0 unspecified atom stereocenters. The van der Waals surface area contributed by atoms with E-state index in [9.17, 15) is 23.5 Å². The number of hydrogen-bond acceptors (Lipinski definition) is 3. The Hall–Kier alpha value is -2.96. The summed E-state index contributed by atoms with van der Waals surface area (Å²) < 4.78 is 32.6. The number of amides is 1. The van der Waals surface area contributed by atoms with E-state index in [4.69, 9.17) is 4.74 Å². The van der Waals surface area contributed by atoms with Crippen LogP contribution < -0.4 is 4.74 Å². The first-order chi connectivity index (χ1) is 12.4. The van der Waals surface area contributed by atoms with Crippen LogP contribution in [0.2, 0.25) is 0 Å². The van der Waals surface area contributed by atoms with Gasteiger partial charge >= 0.3 is 5.97 Å². The average molecular weight is 361 g/mol. The molecule has 1 N–H and O–H groups in total. The summed E-state index contributed by atoms with van der Waals surface area (Å²) in [6, 6.07) is 9.61. The standard InChI is InChI=1S/C19H17F2NO4/c1-26-17-5-3-2-4-12(17)14-9-22(10-15(14)19(24)25)18(23)13-8-11(20)6-7-16(13)21/h2-8,14-15H,9-10H2,1H3,(H,24,25)/t14-,15+/m0/s1. The first kappa shape index (κ1) is 17.8. The summed E-state index contributed by atoms with van der Waals surface area (Å²) in [6.07, 6.45) is 0. The summed E-state index contributed by atoms with van der Waals surface area (Å²) in [5, 5.41) is 9.56. The third-order valence-corrected chi connectivity index (χ3v) is 4.62. The Morgan fingerprint density at radius 1 is 1.15 bits per heavy atom. The van der Waals surface area contributed by atoms with Crippen molar-refractivity contribution in [3.63, 3.8) is 0 Å². The molecule has 0 aromatic heterocycles. The second kappa shape index (κ2) is 7.11. The molecule has 3 rings (SSSR count). The van der Waals surface area contributed by atoms with Crippen molar-refractivity contribution in [1.29, 1.82) is 0 Å². The molecule has 1 saturated heterocycles. The Kier molecular flexibility index (Phi) is 4.88. The zero-order valence-electron chi connectivity index (χ0n) is 14.0. The van der Waals surface area contributed by atoms with E-state index in [1.165, 1.54) is 12.0 Å². The Labute approximate surface area is 148 Å². The summed E-state index contributed by atoms with van der Waals surface area (Å²) in [5.74, 6) is -4.22. The van der Waals surface area contributed by atoms with Crippen LogP contribution in [0.25, 0.3) is 0 Å². The van der Waals surface area contributed by atoms with Crippen molar-refractivity contribution in [3.05, 3.63) is 65.2 Å². The molecule has 1 fully saturated rings. The number of methoxy groups -OCH3 is 1. The minimum absolute atomic E-state index is 0.0755. The van der Waals surface area contributed by atoms with Crippen molar-refractivity contribution in [1.82, 2.24) is 4.90 Å². The Morgan fingerprint density at radius 3 is 2.58 bits per heavy atom. The largest absolute Gasteiger partial charge is 0.496 e. The van der Waals surface area contributed by atoms with Gasteiger partial charge in [0.25, 0.3) is 5.91 Å². The number of halogens is 2. The van der Waals surface area contributed by atoms with Crippen LogP contribution in [0.15, 0.2) is 42.5 Å². The van der Waals surface area contributed by atoms with Gasteiger partial charge in [-0.2, -0.15) is 0 Å². The first-order valence-electron chi connectivity index (χ1n) is 8.02. The van der Waals surface area contributed by atoms with E-state index in [0.29, 0.717) is 11.3 Å². The molecule has 2 atom stereocenters. The lowest BCUT2D eigenvalue weighted by Crippen LogP contribution is -2.30. The molecule has 1 aliphatic rings. The lowest BCUT2D eigenvalue weighted by Gasteiger charge is -2.18. The molecule has 2 aromatic rings. The number of rotatable bonds is 4. The highest BCUT2D eigenvalue weighted by molar-refractivity contribution is 5.95. The van der Waals surface area contributed by atoms with Crippen LogP contribution >= 0.6 is 0 Å². The van der Waals surface area contributed by atoms with E-state index < -0.39 is 40.9 Å². The molecule has 5 nitrogen and oxygen atoms in total. The van der Waals surface area contributed by atoms with Gasteiger partial charge in [-0.1, -0.05) is 18.2 Å². The number of hydrogen-bond donors (Lipinski definition) is 1. The second-order valence-electron chi connectivity index (χ2n) is 6.13. The van der Waals surface area contributed by atoms with Crippen molar-refractivity contribution in [2.24, 2.45) is 5.92 Å². The molecule has 0 bridgehead atoms. The Morgan fingerprint density at radius 2 is 1.88 bits per heavy atom. The van der Waals surface area contributed by atoms with E-state index in [1.54, 1.807) is 24.3 Å². The minimum atomic E-state index is -1.06. The van der Waals surface area contributed by atoms with Crippen LogP contribution in [0.1, 0.15) is 21.8 Å². The van der Waals surface area contributed by atoms with Gasteiger partial charge in [-0.05, 0) is 29.8 Å². The molecule has 1 aliphatic heterocycles. The van der Waals surface area contributed by atoms with Crippen LogP contribution in [0, 0.1) is 17.6 Å². The number of ether oxygens (including phenoxy) is 1. The first-order valence-corrected chi connectivity index (χ1v) is 8.02. The number of para-hydroxylation sites is 1. The van der Waals surface area contributed by atoms with Crippen molar-refractivity contribution in [3.8, 4) is 5.75 Å². The SMILES string of the molecule is COc1ccccc1[C@@H]1CN(C(=O)c2cc(F)ccc2F)C[C@H]1C(=O)O. The maximum absolute atomic E-state index is 13.9. The van der Waals surface area contributed by atoms with Gasteiger partial charge in [0.1, 0.15) is 17.4 Å². The fraction of sp³-hybridized carbons (Fsp3) is 0.263. The summed E-state index contributed by atoms with van der Waals surface area (Å²) in [4.78, 5) is 25.6. The normalized spacial score (nSPS) is 19.4. The zero-order chi connectivity index (χ0) is 18.8. The molecule has 0 aliphatic carbocycles. The topological polar surface area (TPSA) is 66.8 Å². The molecule has 1 heterocycles. The summed E-state index contributed by atoms with van der Waals surface area (Å²) in [5.41, 5.74) is 0.257. The van der Waals surface area contributed by atoms with E-state index in [0.717, 1.165) is 18.2 Å². The maximum Gasteiger partial charge on any atom is 0.308 e. The number of benzene rings is 2. The van der Waals surface area contributed by atoms with E-state index in [2.05, 4.69) is 0 Å². The Balaban J connectivity index is 1.93. The smallest absolute Gasteiger partial charge is 0.308 e. The van der Waals surface area contributed by atoms with Gasteiger partial charge in [0.05, 0.1) is 18.6 Å². The second-order valence-corrected chi connectivity index (χ2v) is 6.13. The molecule has 26 heavy (non-hydrogen) atoms.